The van der Waals surface area contributed by atoms with E-state index < -0.39 is 5.41 Å². The molecule has 2 N–H and O–H groups in total. The second-order valence-electron chi connectivity index (χ2n) is 8.09. The molecule has 4 rings (SSSR count). The Balaban J connectivity index is 1.58. The Labute approximate surface area is 165 Å². The molecule has 2 fully saturated rings. The van der Waals surface area contributed by atoms with Crippen LogP contribution in [0.4, 0.5) is 0 Å². The van der Waals surface area contributed by atoms with Crippen LogP contribution in [0.2, 0.25) is 0 Å². The summed E-state index contributed by atoms with van der Waals surface area (Å²) >= 11 is 0. The number of aromatic nitrogens is 2. The van der Waals surface area contributed by atoms with Crippen molar-refractivity contribution in [3.05, 3.63) is 64.3 Å². The lowest BCUT2D eigenvalue weighted by Gasteiger charge is -2.36. The van der Waals surface area contributed by atoms with E-state index in [0.29, 0.717) is 11.7 Å². The predicted octanol–water partition coefficient (Wildman–Crippen LogP) is 2.26. The normalized spacial score (nSPS) is 26.5. The van der Waals surface area contributed by atoms with Crippen LogP contribution in [0.15, 0.2) is 47.5 Å². The van der Waals surface area contributed by atoms with Crippen molar-refractivity contribution >= 4 is 5.91 Å². The van der Waals surface area contributed by atoms with Gasteiger partial charge in [-0.15, -0.1) is 0 Å². The van der Waals surface area contributed by atoms with Gasteiger partial charge in [0.15, 0.2) is 0 Å². The maximum Gasteiger partial charge on any atom is 0.250 e. The van der Waals surface area contributed by atoms with Crippen molar-refractivity contribution in [3.8, 4) is 0 Å². The van der Waals surface area contributed by atoms with Crippen LogP contribution in [0.5, 0.6) is 0 Å². The number of aromatic amines is 1. The van der Waals surface area contributed by atoms with Crippen LogP contribution in [0.25, 0.3) is 0 Å². The molecule has 2 aliphatic heterocycles. The standard InChI is InChI=1S/C22H28N4O2/c1-2-10-26-18-8-9-19(26)22(13-18,12-16-6-4-3-5-7-16)21(28)23-14-17-11-20(27)25-15-24-17/h3-7,11,15,18-19H,2,8-10,12-14H2,1H3,(H,23,28)(H,24,25,27)/t18-,19+,22+/m0/s1. The maximum absolute atomic E-state index is 13.5. The van der Waals surface area contributed by atoms with Crippen molar-refractivity contribution in [2.45, 2.75) is 57.7 Å². The molecule has 6 heteroatoms. The average molecular weight is 380 g/mol. The molecule has 1 aromatic carbocycles. The fourth-order valence-corrected chi connectivity index (χ4v) is 5.23. The molecule has 0 radical (unpaired) electrons. The van der Waals surface area contributed by atoms with Crippen molar-refractivity contribution in [2.24, 2.45) is 5.41 Å². The van der Waals surface area contributed by atoms with Gasteiger partial charge in [-0.05, 0) is 44.2 Å². The highest BCUT2D eigenvalue weighted by atomic mass is 16.2. The monoisotopic (exact) mass is 380 g/mol. The summed E-state index contributed by atoms with van der Waals surface area (Å²) in [4.78, 5) is 34.2. The van der Waals surface area contributed by atoms with Gasteiger partial charge in [-0.25, -0.2) is 4.98 Å². The lowest BCUT2D eigenvalue weighted by atomic mass is 9.69. The Morgan fingerprint density at radius 3 is 2.89 bits per heavy atom. The Morgan fingerprint density at radius 1 is 1.32 bits per heavy atom. The van der Waals surface area contributed by atoms with Crippen molar-refractivity contribution < 1.29 is 4.79 Å². The molecule has 0 unspecified atom stereocenters. The fourth-order valence-electron chi connectivity index (χ4n) is 5.23. The second-order valence-corrected chi connectivity index (χ2v) is 8.09. The van der Waals surface area contributed by atoms with E-state index in [0.717, 1.165) is 32.2 Å². The number of nitrogens with one attached hydrogen (secondary N) is 2. The van der Waals surface area contributed by atoms with Crippen LogP contribution >= 0.6 is 0 Å². The first kappa shape index (κ1) is 18.9. The second kappa shape index (κ2) is 7.87. The zero-order valence-electron chi connectivity index (χ0n) is 16.4. The van der Waals surface area contributed by atoms with Gasteiger partial charge in [-0.1, -0.05) is 37.3 Å². The Kier molecular flexibility index (Phi) is 5.31. The van der Waals surface area contributed by atoms with Gasteiger partial charge in [0.2, 0.25) is 5.91 Å². The van der Waals surface area contributed by atoms with Gasteiger partial charge >= 0.3 is 0 Å². The number of H-pyrrole nitrogens is 1. The molecule has 0 spiro atoms. The molecule has 148 valence electrons. The van der Waals surface area contributed by atoms with Crippen LogP contribution in [-0.4, -0.2) is 39.4 Å². The number of carbonyl (C=O) groups excluding carboxylic acids is 1. The molecule has 2 aromatic rings. The van der Waals surface area contributed by atoms with Crippen molar-refractivity contribution in [3.63, 3.8) is 0 Å². The van der Waals surface area contributed by atoms with E-state index in [9.17, 15) is 9.59 Å². The molecule has 0 saturated carbocycles. The number of amides is 1. The number of nitrogens with zero attached hydrogens (tertiary/aromatic N) is 2. The topological polar surface area (TPSA) is 78.1 Å². The van der Waals surface area contributed by atoms with Crippen LogP contribution < -0.4 is 10.9 Å². The van der Waals surface area contributed by atoms with Gasteiger partial charge in [-0.2, -0.15) is 0 Å². The molecule has 2 aliphatic rings. The third-order valence-corrected chi connectivity index (χ3v) is 6.34. The van der Waals surface area contributed by atoms with Gasteiger partial charge < -0.3 is 10.3 Å². The first-order valence-electron chi connectivity index (χ1n) is 10.2. The predicted molar refractivity (Wildman–Crippen MR) is 108 cm³/mol. The number of hydrogen-bond acceptors (Lipinski definition) is 4. The Morgan fingerprint density at radius 2 is 2.14 bits per heavy atom. The summed E-state index contributed by atoms with van der Waals surface area (Å²) in [5, 5.41) is 3.10. The number of rotatable bonds is 7. The molecule has 3 heterocycles. The number of fused-ring (bicyclic) bond motifs is 2. The molecule has 2 bridgehead atoms. The molecule has 2 saturated heterocycles. The molecule has 0 aliphatic carbocycles. The van der Waals surface area contributed by atoms with E-state index in [4.69, 9.17) is 0 Å². The largest absolute Gasteiger partial charge is 0.350 e. The van der Waals surface area contributed by atoms with E-state index in [1.165, 1.54) is 24.4 Å². The summed E-state index contributed by atoms with van der Waals surface area (Å²) in [5.74, 6) is 0.0896. The average Bonchev–Trinajstić information content (AvgIpc) is 3.22. The SMILES string of the molecule is CCCN1[C@H]2CC[C@@H]1[C@](Cc1ccccc1)(C(=O)NCc1cc(=O)[nH]cn1)C2. The summed E-state index contributed by atoms with van der Waals surface area (Å²) in [5.41, 5.74) is 1.17. The molecular formula is C22H28N4O2. The van der Waals surface area contributed by atoms with Gasteiger partial charge in [-0.3, -0.25) is 14.5 Å². The highest BCUT2D eigenvalue weighted by Gasteiger charge is 2.59. The summed E-state index contributed by atoms with van der Waals surface area (Å²) in [6, 6.07) is 12.5. The van der Waals surface area contributed by atoms with Crippen molar-refractivity contribution in [2.75, 3.05) is 6.54 Å². The summed E-state index contributed by atoms with van der Waals surface area (Å²) in [7, 11) is 0. The smallest absolute Gasteiger partial charge is 0.250 e. The van der Waals surface area contributed by atoms with Crippen molar-refractivity contribution in [1.82, 2.24) is 20.2 Å². The van der Waals surface area contributed by atoms with E-state index >= 15 is 0 Å². The third kappa shape index (κ3) is 3.49. The highest BCUT2D eigenvalue weighted by Crippen LogP contribution is 2.51. The molecule has 1 aromatic heterocycles. The minimum atomic E-state index is -0.416. The number of hydrogen-bond donors (Lipinski definition) is 2. The fraction of sp³-hybridized carbons (Fsp3) is 0.500. The minimum Gasteiger partial charge on any atom is -0.350 e. The lowest BCUT2D eigenvalue weighted by Crippen LogP contribution is -2.50. The Hall–Kier alpha value is -2.47. The Bertz CT molecular complexity index is 881. The highest BCUT2D eigenvalue weighted by molar-refractivity contribution is 5.84. The number of carbonyl (C=O) groups is 1. The number of benzene rings is 1. The zero-order chi connectivity index (χ0) is 19.6. The van der Waals surface area contributed by atoms with E-state index in [1.54, 1.807) is 0 Å². The minimum absolute atomic E-state index is 0.0896. The van der Waals surface area contributed by atoms with Crippen molar-refractivity contribution in [1.29, 1.82) is 0 Å². The molecular weight excluding hydrogens is 352 g/mol. The van der Waals surface area contributed by atoms with E-state index in [1.807, 2.05) is 18.2 Å². The van der Waals surface area contributed by atoms with Crippen LogP contribution in [0.1, 0.15) is 43.9 Å². The summed E-state index contributed by atoms with van der Waals surface area (Å²) in [6.07, 6.45) is 6.40. The third-order valence-electron chi connectivity index (χ3n) is 6.34. The lowest BCUT2D eigenvalue weighted by molar-refractivity contribution is -0.133. The molecule has 28 heavy (non-hydrogen) atoms. The molecule has 3 atom stereocenters. The zero-order valence-corrected chi connectivity index (χ0v) is 16.4. The summed E-state index contributed by atoms with van der Waals surface area (Å²) in [6.45, 7) is 3.54. The molecule has 1 amide bonds. The maximum atomic E-state index is 13.5. The van der Waals surface area contributed by atoms with Gasteiger partial charge in [0.05, 0.1) is 24.0 Å². The summed E-state index contributed by atoms with van der Waals surface area (Å²) < 4.78 is 0. The van der Waals surface area contributed by atoms with E-state index in [-0.39, 0.29) is 24.1 Å². The first-order valence-corrected chi connectivity index (χ1v) is 10.2. The van der Waals surface area contributed by atoms with Gasteiger partial charge in [0, 0.05) is 18.2 Å². The molecule has 6 nitrogen and oxygen atoms in total. The van der Waals surface area contributed by atoms with Gasteiger partial charge in [0.25, 0.3) is 5.56 Å². The van der Waals surface area contributed by atoms with Gasteiger partial charge in [0.1, 0.15) is 0 Å². The van der Waals surface area contributed by atoms with Crippen LogP contribution in [0.3, 0.4) is 0 Å². The quantitative estimate of drug-likeness (QED) is 0.772. The first-order chi connectivity index (χ1) is 13.6. The van der Waals surface area contributed by atoms with E-state index in [2.05, 4.69) is 39.2 Å². The van der Waals surface area contributed by atoms with Crippen LogP contribution in [0, 0.1) is 5.41 Å². The van der Waals surface area contributed by atoms with Crippen LogP contribution in [-0.2, 0) is 17.8 Å².